The van der Waals surface area contributed by atoms with Crippen LogP contribution in [-0.4, -0.2) is 35.4 Å². The summed E-state index contributed by atoms with van der Waals surface area (Å²) >= 11 is 0. The summed E-state index contributed by atoms with van der Waals surface area (Å²) in [6.07, 6.45) is 0.840. The van der Waals surface area contributed by atoms with Crippen molar-refractivity contribution in [3.8, 4) is 0 Å². The molecular formula is C13H22N2O3Si. The second-order valence-electron chi connectivity index (χ2n) is 4.39. The molecule has 0 saturated heterocycles. The highest BCUT2D eigenvalue weighted by molar-refractivity contribution is 6.65. The van der Waals surface area contributed by atoms with Gasteiger partial charge in [-0.3, -0.25) is 0 Å². The zero-order chi connectivity index (χ0) is 14.1. The van der Waals surface area contributed by atoms with Gasteiger partial charge in [-0.25, -0.2) is 4.79 Å². The normalized spacial score (nSPS) is 11.1. The quantitative estimate of drug-likeness (QED) is 0.597. The van der Waals surface area contributed by atoms with Crippen LogP contribution in [0.5, 0.6) is 0 Å². The van der Waals surface area contributed by atoms with E-state index in [0.29, 0.717) is 6.54 Å². The van der Waals surface area contributed by atoms with Crippen molar-refractivity contribution in [1.82, 2.24) is 5.32 Å². The van der Waals surface area contributed by atoms with Crippen molar-refractivity contribution in [2.75, 3.05) is 26.1 Å². The predicted octanol–water partition coefficient (Wildman–Crippen LogP) is 2.56. The zero-order valence-corrected chi connectivity index (χ0v) is 12.7. The van der Waals surface area contributed by atoms with Crippen LogP contribution < -0.4 is 10.6 Å². The van der Waals surface area contributed by atoms with E-state index in [0.717, 1.165) is 18.2 Å². The summed E-state index contributed by atoms with van der Waals surface area (Å²) in [7, 11) is 1.33. The van der Waals surface area contributed by atoms with E-state index in [1.54, 1.807) is 14.2 Å². The largest absolute Gasteiger partial charge is 0.398 e. The van der Waals surface area contributed by atoms with Crippen LogP contribution >= 0.6 is 0 Å². The number of carbonyl (C=O) groups is 1. The van der Waals surface area contributed by atoms with Gasteiger partial charge in [0.1, 0.15) is 0 Å². The smallest absolute Gasteiger partial charge is 0.334 e. The SMILES string of the molecule is CO[Si](C)(CCCNC(=O)Nc1ccccc1)OC. The van der Waals surface area contributed by atoms with Gasteiger partial charge in [0.05, 0.1) is 0 Å². The van der Waals surface area contributed by atoms with E-state index >= 15 is 0 Å². The molecule has 0 aliphatic carbocycles. The molecule has 2 amide bonds. The van der Waals surface area contributed by atoms with Crippen LogP contribution in [0.25, 0.3) is 0 Å². The van der Waals surface area contributed by atoms with Crippen LogP contribution in [0.3, 0.4) is 0 Å². The molecule has 6 heteroatoms. The molecule has 0 atom stereocenters. The second kappa shape index (κ2) is 7.93. The fourth-order valence-corrected chi connectivity index (χ4v) is 2.99. The fraction of sp³-hybridized carbons (Fsp3) is 0.462. The Morgan fingerprint density at radius 2 is 1.84 bits per heavy atom. The van der Waals surface area contributed by atoms with Crippen molar-refractivity contribution >= 4 is 20.3 Å². The molecule has 0 radical (unpaired) electrons. The molecule has 2 N–H and O–H groups in total. The number of benzene rings is 1. The Balaban J connectivity index is 2.21. The monoisotopic (exact) mass is 282 g/mol. The van der Waals surface area contributed by atoms with E-state index in [2.05, 4.69) is 10.6 Å². The second-order valence-corrected chi connectivity index (χ2v) is 7.98. The van der Waals surface area contributed by atoms with E-state index in [4.69, 9.17) is 8.85 Å². The van der Waals surface area contributed by atoms with Crippen LogP contribution in [0, 0.1) is 0 Å². The van der Waals surface area contributed by atoms with Gasteiger partial charge in [0.15, 0.2) is 0 Å². The van der Waals surface area contributed by atoms with Crippen molar-refractivity contribution in [3.05, 3.63) is 30.3 Å². The number of nitrogens with one attached hydrogen (secondary N) is 2. The van der Waals surface area contributed by atoms with Crippen LogP contribution in [0.2, 0.25) is 12.6 Å². The van der Waals surface area contributed by atoms with Crippen LogP contribution in [0.1, 0.15) is 6.42 Å². The van der Waals surface area contributed by atoms with Gasteiger partial charge in [-0.2, -0.15) is 0 Å². The highest BCUT2D eigenvalue weighted by atomic mass is 28.4. The van der Waals surface area contributed by atoms with E-state index in [1.165, 1.54) is 0 Å². The minimum atomic E-state index is -2.02. The lowest BCUT2D eigenvalue weighted by molar-refractivity contribution is 0.245. The Morgan fingerprint density at radius 3 is 2.42 bits per heavy atom. The third kappa shape index (κ3) is 5.87. The molecule has 19 heavy (non-hydrogen) atoms. The molecule has 0 fully saturated rings. The first-order chi connectivity index (χ1) is 9.09. The van der Waals surface area contributed by atoms with Crippen LogP contribution in [0.4, 0.5) is 10.5 Å². The molecule has 5 nitrogen and oxygen atoms in total. The van der Waals surface area contributed by atoms with Crippen LogP contribution in [0.15, 0.2) is 30.3 Å². The van der Waals surface area contributed by atoms with Gasteiger partial charge in [-0.1, -0.05) is 18.2 Å². The summed E-state index contributed by atoms with van der Waals surface area (Å²) in [5.74, 6) is 0. The standard InChI is InChI=1S/C13H22N2O3Si/c1-17-19(3,18-2)11-7-10-14-13(16)15-12-8-5-4-6-9-12/h4-6,8-9H,7,10-11H2,1-3H3,(H2,14,15,16). The number of hydrogen-bond donors (Lipinski definition) is 2. The summed E-state index contributed by atoms with van der Waals surface area (Å²) in [5.41, 5.74) is 0.785. The van der Waals surface area contributed by atoms with Crippen molar-refractivity contribution in [2.45, 2.75) is 19.0 Å². The minimum Gasteiger partial charge on any atom is -0.398 e. The molecule has 0 bridgehead atoms. The first-order valence-corrected chi connectivity index (χ1v) is 8.82. The lowest BCUT2D eigenvalue weighted by Gasteiger charge is -2.22. The molecule has 0 unspecified atom stereocenters. The van der Waals surface area contributed by atoms with Crippen molar-refractivity contribution in [3.63, 3.8) is 0 Å². The van der Waals surface area contributed by atoms with E-state index in [1.807, 2.05) is 36.9 Å². The van der Waals surface area contributed by atoms with Crippen LogP contribution in [-0.2, 0) is 8.85 Å². The number of hydrogen-bond acceptors (Lipinski definition) is 3. The van der Waals surface area contributed by atoms with E-state index in [9.17, 15) is 4.79 Å². The Bertz CT molecular complexity index is 383. The van der Waals surface area contributed by atoms with Crippen molar-refractivity contribution in [2.24, 2.45) is 0 Å². The topological polar surface area (TPSA) is 59.6 Å². The molecule has 1 aromatic rings. The highest BCUT2D eigenvalue weighted by Gasteiger charge is 2.27. The molecule has 1 aromatic carbocycles. The Kier molecular flexibility index (Phi) is 6.55. The van der Waals surface area contributed by atoms with Gasteiger partial charge in [0.25, 0.3) is 0 Å². The summed E-state index contributed by atoms with van der Waals surface area (Å²) in [6, 6.07) is 10.0. The number of anilines is 1. The van der Waals surface area contributed by atoms with E-state index in [-0.39, 0.29) is 6.03 Å². The Hall–Kier alpha value is -1.37. The Labute approximate surface area is 115 Å². The highest BCUT2D eigenvalue weighted by Crippen LogP contribution is 2.12. The number of amides is 2. The van der Waals surface area contributed by atoms with Gasteiger partial charge in [0, 0.05) is 26.5 Å². The number of urea groups is 1. The predicted molar refractivity (Wildman–Crippen MR) is 78.5 cm³/mol. The average Bonchev–Trinajstić information content (AvgIpc) is 2.44. The number of carbonyl (C=O) groups excluding carboxylic acids is 1. The van der Waals surface area contributed by atoms with Crippen molar-refractivity contribution in [1.29, 1.82) is 0 Å². The average molecular weight is 282 g/mol. The molecule has 1 rings (SSSR count). The molecule has 0 aliphatic rings. The molecular weight excluding hydrogens is 260 g/mol. The van der Waals surface area contributed by atoms with Gasteiger partial charge >= 0.3 is 14.6 Å². The molecule has 0 heterocycles. The number of rotatable bonds is 7. The first-order valence-electron chi connectivity index (χ1n) is 6.30. The Morgan fingerprint density at radius 1 is 1.21 bits per heavy atom. The van der Waals surface area contributed by atoms with Gasteiger partial charge in [-0.05, 0) is 31.1 Å². The molecule has 0 saturated carbocycles. The lowest BCUT2D eigenvalue weighted by atomic mass is 10.3. The van der Waals surface area contributed by atoms with Crippen molar-refractivity contribution < 1.29 is 13.6 Å². The molecule has 0 spiro atoms. The maximum Gasteiger partial charge on any atom is 0.334 e. The summed E-state index contributed by atoms with van der Waals surface area (Å²) in [6.45, 7) is 2.62. The molecule has 0 aromatic heterocycles. The number of para-hydroxylation sites is 1. The maximum atomic E-state index is 11.6. The van der Waals surface area contributed by atoms with E-state index < -0.39 is 8.56 Å². The summed E-state index contributed by atoms with van der Waals surface area (Å²) in [5, 5.41) is 5.58. The first kappa shape index (κ1) is 15.7. The lowest BCUT2D eigenvalue weighted by Crippen LogP contribution is -2.37. The van der Waals surface area contributed by atoms with Gasteiger partial charge < -0.3 is 19.5 Å². The maximum absolute atomic E-state index is 11.6. The third-order valence-corrected chi connectivity index (χ3v) is 5.98. The van der Waals surface area contributed by atoms with Gasteiger partial charge in [-0.15, -0.1) is 0 Å². The summed E-state index contributed by atoms with van der Waals surface area (Å²) in [4.78, 5) is 11.6. The summed E-state index contributed by atoms with van der Waals surface area (Å²) < 4.78 is 10.8. The fourth-order valence-electron chi connectivity index (χ4n) is 1.60. The van der Waals surface area contributed by atoms with Gasteiger partial charge in [0.2, 0.25) is 0 Å². The molecule has 106 valence electrons. The minimum absolute atomic E-state index is 0.190. The third-order valence-electron chi connectivity index (χ3n) is 2.99. The zero-order valence-electron chi connectivity index (χ0n) is 11.7. The molecule has 0 aliphatic heterocycles.